The van der Waals surface area contributed by atoms with Gasteiger partial charge in [0.1, 0.15) is 0 Å². The molecule has 0 aliphatic carbocycles. The molecule has 0 saturated heterocycles. The van der Waals surface area contributed by atoms with Gasteiger partial charge >= 0.3 is 0 Å². The van der Waals surface area contributed by atoms with E-state index in [-0.39, 0.29) is 11.6 Å². The van der Waals surface area contributed by atoms with Crippen LogP contribution in [0.5, 0.6) is 0 Å². The number of H-pyrrole nitrogens is 1. The van der Waals surface area contributed by atoms with Crippen molar-refractivity contribution in [1.82, 2.24) is 14.9 Å². The summed E-state index contributed by atoms with van der Waals surface area (Å²) in [6.07, 6.45) is 4.36. The van der Waals surface area contributed by atoms with Crippen molar-refractivity contribution in [3.63, 3.8) is 0 Å². The average Bonchev–Trinajstić information content (AvgIpc) is 3.01. The van der Waals surface area contributed by atoms with Crippen molar-refractivity contribution in [2.75, 3.05) is 0 Å². The van der Waals surface area contributed by atoms with Crippen LogP contribution in [-0.4, -0.2) is 15.6 Å². The summed E-state index contributed by atoms with van der Waals surface area (Å²) < 4.78 is 2.28. The van der Waals surface area contributed by atoms with Crippen molar-refractivity contribution < 1.29 is 0 Å². The first kappa shape index (κ1) is 14.9. The molecule has 116 valence electrons. The summed E-state index contributed by atoms with van der Waals surface area (Å²) >= 11 is 0. The van der Waals surface area contributed by atoms with E-state index in [1.54, 1.807) is 0 Å². The molecule has 0 saturated carbocycles. The van der Waals surface area contributed by atoms with Crippen LogP contribution >= 0.6 is 0 Å². The van der Waals surface area contributed by atoms with Crippen LogP contribution in [0.1, 0.15) is 42.4 Å². The van der Waals surface area contributed by atoms with Gasteiger partial charge in [-0.25, -0.2) is 0 Å². The molecular weight excluding hydrogens is 274 g/mol. The molecule has 4 nitrogen and oxygen atoms in total. The van der Waals surface area contributed by atoms with E-state index in [0.717, 1.165) is 16.8 Å². The van der Waals surface area contributed by atoms with Crippen LogP contribution in [-0.2, 0) is 6.54 Å². The van der Waals surface area contributed by atoms with Gasteiger partial charge in [-0.1, -0.05) is 0 Å². The van der Waals surface area contributed by atoms with Crippen molar-refractivity contribution in [3.8, 4) is 0 Å². The van der Waals surface area contributed by atoms with Crippen molar-refractivity contribution in [3.05, 3.63) is 62.8 Å². The third-order valence-electron chi connectivity index (χ3n) is 4.60. The molecule has 2 aromatic heterocycles. The van der Waals surface area contributed by atoms with Crippen molar-refractivity contribution in [2.24, 2.45) is 0 Å². The van der Waals surface area contributed by atoms with Gasteiger partial charge in [-0.05, 0) is 63.1 Å². The van der Waals surface area contributed by atoms with Crippen LogP contribution in [0.3, 0.4) is 0 Å². The lowest BCUT2D eigenvalue weighted by Gasteiger charge is -2.21. The van der Waals surface area contributed by atoms with E-state index in [1.165, 1.54) is 11.3 Å². The Morgan fingerprint density at radius 1 is 1.41 bits per heavy atom. The maximum atomic E-state index is 12.1. The fraction of sp³-hybridized carbons (Fsp3) is 0.389. The SMILES string of the molecule is Cc1cc(C)c(CN[C@H](C)C2=Cc3cccn3C2C)c(=O)[nH]1. The maximum absolute atomic E-state index is 12.1. The van der Waals surface area contributed by atoms with Gasteiger partial charge in [-0.15, -0.1) is 0 Å². The third kappa shape index (κ3) is 2.55. The Bertz CT molecular complexity index is 782. The second-order valence-corrected chi connectivity index (χ2v) is 6.21. The number of aryl methyl sites for hydroxylation is 2. The molecule has 0 aromatic carbocycles. The summed E-state index contributed by atoms with van der Waals surface area (Å²) in [4.78, 5) is 15.0. The Morgan fingerprint density at radius 2 is 2.18 bits per heavy atom. The summed E-state index contributed by atoms with van der Waals surface area (Å²) in [6, 6.07) is 6.82. The second kappa shape index (κ2) is 5.61. The average molecular weight is 297 g/mol. The molecule has 0 amide bonds. The fourth-order valence-corrected chi connectivity index (χ4v) is 3.29. The molecule has 22 heavy (non-hydrogen) atoms. The van der Waals surface area contributed by atoms with E-state index in [2.05, 4.69) is 53.1 Å². The predicted molar refractivity (Wildman–Crippen MR) is 90.0 cm³/mol. The van der Waals surface area contributed by atoms with E-state index >= 15 is 0 Å². The van der Waals surface area contributed by atoms with Crippen LogP contribution in [0, 0.1) is 13.8 Å². The number of nitrogens with zero attached hydrogens (tertiary/aromatic N) is 1. The maximum Gasteiger partial charge on any atom is 0.252 e. The van der Waals surface area contributed by atoms with Gasteiger partial charge in [0.05, 0.1) is 6.04 Å². The summed E-state index contributed by atoms with van der Waals surface area (Å²) in [5.41, 5.74) is 5.39. The van der Waals surface area contributed by atoms with Crippen molar-refractivity contribution in [1.29, 1.82) is 0 Å². The zero-order chi connectivity index (χ0) is 15.9. The van der Waals surface area contributed by atoms with E-state index in [1.807, 2.05) is 19.9 Å². The highest BCUT2D eigenvalue weighted by Crippen LogP contribution is 2.31. The Labute approximate surface area is 130 Å². The van der Waals surface area contributed by atoms with Gasteiger partial charge < -0.3 is 14.9 Å². The van der Waals surface area contributed by atoms with Gasteiger partial charge in [-0.2, -0.15) is 0 Å². The number of hydrogen-bond acceptors (Lipinski definition) is 2. The molecule has 4 heteroatoms. The number of aromatic amines is 1. The van der Waals surface area contributed by atoms with E-state index in [0.29, 0.717) is 12.6 Å². The van der Waals surface area contributed by atoms with Crippen LogP contribution in [0.4, 0.5) is 0 Å². The molecule has 2 aromatic rings. The minimum atomic E-state index is 0.0110. The van der Waals surface area contributed by atoms with Gasteiger partial charge in [0.2, 0.25) is 0 Å². The number of rotatable bonds is 4. The van der Waals surface area contributed by atoms with Crippen molar-refractivity contribution >= 4 is 6.08 Å². The number of pyridine rings is 1. The van der Waals surface area contributed by atoms with E-state index in [4.69, 9.17) is 0 Å². The second-order valence-electron chi connectivity index (χ2n) is 6.21. The lowest BCUT2D eigenvalue weighted by Crippen LogP contribution is -2.32. The minimum absolute atomic E-state index is 0.0110. The Morgan fingerprint density at radius 3 is 2.86 bits per heavy atom. The van der Waals surface area contributed by atoms with Crippen LogP contribution in [0.2, 0.25) is 0 Å². The quantitative estimate of drug-likeness (QED) is 0.911. The summed E-state index contributed by atoms with van der Waals surface area (Å²) in [5.74, 6) is 0. The standard InChI is InChI=1S/C18H23N3O/c1-11-8-12(2)20-18(22)17(11)10-19-13(3)16-9-15-6-5-7-21(15)14(16)4/h5-9,13-14,19H,10H2,1-4H3,(H,20,22)/t13-,14?/m1/s1. The Hall–Kier alpha value is -2.07. The van der Waals surface area contributed by atoms with Gasteiger partial charge in [0.15, 0.2) is 0 Å². The fourth-order valence-electron chi connectivity index (χ4n) is 3.29. The highest BCUT2D eigenvalue weighted by atomic mass is 16.1. The highest BCUT2D eigenvalue weighted by Gasteiger charge is 2.23. The molecule has 0 bridgehead atoms. The first-order chi connectivity index (χ1) is 10.5. The largest absolute Gasteiger partial charge is 0.341 e. The van der Waals surface area contributed by atoms with Gasteiger partial charge in [0, 0.05) is 35.7 Å². The zero-order valence-electron chi connectivity index (χ0n) is 13.6. The molecule has 2 atom stereocenters. The monoisotopic (exact) mass is 297 g/mol. The molecule has 3 rings (SSSR count). The Kier molecular flexibility index (Phi) is 3.79. The number of fused-ring (bicyclic) bond motifs is 1. The molecule has 1 aliphatic rings. The molecule has 1 aliphatic heterocycles. The summed E-state index contributed by atoms with van der Waals surface area (Å²) in [5, 5.41) is 3.50. The molecule has 0 spiro atoms. The van der Waals surface area contributed by atoms with Crippen molar-refractivity contribution in [2.45, 2.75) is 46.3 Å². The summed E-state index contributed by atoms with van der Waals surface area (Å²) in [6.45, 7) is 8.86. The number of aromatic nitrogens is 2. The van der Waals surface area contributed by atoms with E-state index < -0.39 is 0 Å². The molecule has 3 heterocycles. The highest BCUT2D eigenvalue weighted by molar-refractivity contribution is 5.57. The topological polar surface area (TPSA) is 49.8 Å². The van der Waals surface area contributed by atoms with E-state index in [9.17, 15) is 4.79 Å². The lowest BCUT2D eigenvalue weighted by molar-refractivity contribution is 0.535. The van der Waals surface area contributed by atoms with Crippen LogP contribution < -0.4 is 10.9 Å². The molecule has 0 fully saturated rings. The van der Waals surface area contributed by atoms with Crippen LogP contribution in [0.25, 0.3) is 6.08 Å². The molecule has 0 radical (unpaired) electrons. The summed E-state index contributed by atoms with van der Waals surface area (Å²) in [7, 11) is 0. The third-order valence-corrected chi connectivity index (χ3v) is 4.60. The Balaban J connectivity index is 1.73. The molecular formula is C18H23N3O. The molecule has 1 unspecified atom stereocenters. The number of hydrogen-bond donors (Lipinski definition) is 2. The van der Waals surface area contributed by atoms with Crippen LogP contribution in [0.15, 0.2) is 34.8 Å². The molecule has 2 N–H and O–H groups in total. The first-order valence-corrected chi connectivity index (χ1v) is 7.78. The number of nitrogens with one attached hydrogen (secondary N) is 2. The first-order valence-electron chi connectivity index (χ1n) is 7.78. The smallest absolute Gasteiger partial charge is 0.252 e. The minimum Gasteiger partial charge on any atom is -0.341 e. The van der Waals surface area contributed by atoms with Gasteiger partial charge in [0.25, 0.3) is 5.56 Å². The zero-order valence-corrected chi connectivity index (χ0v) is 13.6. The predicted octanol–water partition coefficient (Wildman–Crippen LogP) is 2.93. The normalized spacial score (nSPS) is 18.2. The van der Waals surface area contributed by atoms with Gasteiger partial charge in [-0.3, -0.25) is 4.79 Å². The lowest BCUT2D eigenvalue weighted by atomic mass is 10.0.